The fourth-order valence-corrected chi connectivity index (χ4v) is 3.13. The number of nitrogens with zero attached hydrogens (tertiary/aromatic N) is 2. The van der Waals surface area contributed by atoms with E-state index in [4.69, 9.17) is 11.6 Å². The molecule has 0 bridgehead atoms. The number of hydrogen-bond donors (Lipinski definition) is 0. The van der Waals surface area contributed by atoms with Crippen molar-refractivity contribution >= 4 is 21.4 Å². The number of pyridine rings is 1. The highest BCUT2D eigenvalue weighted by Gasteiger charge is 2.21. The molecule has 16 heavy (non-hydrogen) atoms. The first-order valence-corrected chi connectivity index (χ1v) is 7.29. The molecule has 2 rings (SSSR count). The lowest BCUT2D eigenvalue weighted by Crippen LogP contribution is -2.39. The first kappa shape index (κ1) is 11.8. The second-order valence-corrected chi connectivity index (χ2v) is 6.57. The molecule has 0 saturated carbocycles. The van der Waals surface area contributed by atoms with Crippen LogP contribution in [-0.2, 0) is 16.4 Å². The smallest absolute Gasteiger partial charge is 0.152 e. The highest BCUT2D eigenvalue weighted by atomic mass is 35.5. The zero-order chi connectivity index (χ0) is 11.6. The lowest BCUT2D eigenvalue weighted by atomic mass is 10.3. The van der Waals surface area contributed by atoms with E-state index in [9.17, 15) is 8.42 Å². The number of aromatic nitrogens is 1. The van der Waals surface area contributed by atoms with Gasteiger partial charge in [0.25, 0.3) is 0 Å². The maximum Gasteiger partial charge on any atom is 0.152 e. The average Bonchev–Trinajstić information content (AvgIpc) is 2.21. The molecule has 1 saturated heterocycles. The SMILES string of the molecule is O=S1(=O)CCN(Cc2cccc(Cl)n2)CC1. The van der Waals surface area contributed by atoms with E-state index in [-0.39, 0.29) is 11.5 Å². The van der Waals surface area contributed by atoms with Gasteiger partial charge in [-0.1, -0.05) is 17.7 Å². The third kappa shape index (κ3) is 3.17. The molecule has 0 radical (unpaired) electrons. The van der Waals surface area contributed by atoms with Gasteiger partial charge in [0.1, 0.15) is 5.15 Å². The van der Waals surface area contributed by atoms with Crippen LogP contribution < -0.4 is 0 Å². The molecule has 1 aromatic heterocycles. The minimum Gasteiger partial charge on any atom is -0.295 e. The fraction of sp³-hybridized carbons (Fsp3) is 0.500. The summed E-state index contributed by atoms with van der Waals surface area (Å²) in [6.45, 7) is 1.82. The number of rotatable bonds is 2. The molecule has 6 heteroatoms. The Bertz CT molecular complexity index is 461. The summed E-state index contributed by atoms with van der Waals surface area (Å²) in [5, 5.41) is 0.474. The van der Waals surface area contributed by atoms with Crippen LogP contribution in [0.25, 0.3) is 0 Å². The van der Waals surface area contributed by atoms with Gasteiger partial charge in [0.15, 0.2) is 9.84 Å². The van der Waals surface area contributed by atoms with E-state index in [1.165, 1.54) is 0 Å². The predicted molar refractivity (Wildman–Crippen MR) is 63.2 cm³/mol. The second kappa shape index (κ2) is 4.69. The van der Waals surface area contributed by atoms with Gasteiger partial charge in [-0.3, -0.25) is 4.90 Å². The van der Waals surface area contributed by atoms with Gasteiger partial charge >= 0.3 is 0 Å². The van der Waals surface area contributed by atoms with Crippen molar-refractivity contribution in [3.05, 3.63) is 29.0 Å². The van der Waals surface area contributed by atoms with E-state index in [2.05, 4.69) is 9.88 Å². The first-order valence-electron chi connectivity index (χ1n) is 5.09. The Morgan fingerprint density at radius 2 is 2.00 bits per heavy atom. The molecule has 88 valence electrons. The molecule has 1 aliphatic rings. The topological polar surface area (TPSA) is 50.3 Å². The van der Waals surface area contributed by atoms with Crippen molar-refractivity contribution in [1.82, 2.24) is 9.88 Å². The Morgan fingerprint density at radius 3 is 2.62 bits per heavy atom. The normalized spacial score (nSPS) is 20.8. The Labute approximate surface area is 100 Å². The largest absolute Gasteiger partial charge is 0.295 e. The molecular weight excluding hydrogens is 248 g/mol. The van der Waals surface area contributed by atoms with E-state index in [0.29, 0.717) is 24.8 Å². The van der Waals surface area contributed by atoms with E-state index in [1.807, 2.05) is 12.1 Å². The summed E-state index contributed by atoms with van der Waals surface area (Å²) >= 11 is 5.78. The highest BCUT2D eigenvalue weighted by Crippen LogP contribution is 2.10. The quantitative estimate of drug-likeness (QED) is 0.744. The van der Waals surface area contributed by atoms with Crippen molar-refractivity contribution in [2.45, 2.75) is 6.54 Å². The van der Waals surface area contributed by atoms with E-state index in [0.717, 1.165) is 5.69 Å². The van der Waals surface area contributed by atoms with Crippen LogP contribution in [0.2, 0.25) is 5.15 Å². The Hall–Kier alpha value is -0.650. The summed E-state index contributed by atoms with van der Waals surface area (Å²) in [6, 6.07) is 5.48. The third-order valence-electron chi connectivity index (χ3n) is 2.60. The van der Waals surface area contributed by atoms with Crippen LogP contribution in [0.1, 0.15) is 5.69 Å². The van der Waals surface area contributed by atoms with Gasteiger partial charge in [-0.2, -0.15) is 0 Å². The molecule has 0 spiro atoms. The maximum atomic E-state index is 11.2. The molecule has 1 aliphatic heterocycles. The Morgan fingerprint density at radius 1 is 1.31 bits per heavy atom. The fourth-order valence-electron chi connectivity index (χ4n) is 1.68. The van der Waals surface area contributed by atoms with Crippen molar-refractivity contribution < 1.29 is 8.42 Å². The standard InChI is InChI=1S/C10H13ClN2O2S/c11-10-3-1-2-9(12-10)8-13-4-6-16(14,15)7-5-13/h1-3H,4-8H2. The summed E-state index contributed by atoms with van der Waals surface area (Å²) in [7, 11) is -2.80. The van der Waals surface area contributed by atoms with Crippen molar-refractivity contribution in [2.24, 2.45) is 0 Å². The summed E-state index contributed by atoms with van der Waals surface area (Å²) in [4.78, 5) is 6.26. The zero-order valence-electron chi connectivity index (χ0n) is 8.76. The van der Waals surface area contributed by atoms with Crippen molar-refractivity contribution in [2.75, 3.05) is 24.6 Å². The van der Waals surface area contributed by atoms with Crippen LogP contribution >= 0.6 is 11.6 Å². The van der Waals surface area contributed by atoms with Crippen LogP contribution in [0.4, 0.5) is 0 Å². The van der Waals surface area contributed by atoms with Gasteiger partial charge in [-0.25, -0.2) is 13.4 Å². The summed E-state index contributed by atoms with van der Waals surface area (Å²) in [5.41, 5.74) is 0.881. The molecule has 0 N–H and O–H groups in total. The molecule has 0 unspecified atom stereocenters. The van der Waals surface area contributed by atoms with Crippen LogP contribution in [0.3, 0.4) is 0 Å². The highest BCUT2D eigenvalue weighted by molar-refractivity contribution is 7.91. The molecule has 1 fully saturated rings. The van der Waals surface area contributed by atoms with Gasteiger partial charge in [0.2, 0.25) is 0 Å². The Kier molecular flexibility index (Phi) is 3.47. The van der Waals surface area contributed by atoms with E-state index in [1.54, 1.807) is 6.07 Å². The van der Waals surface area contributed by atoms with E-state index < -0.39 is 9.84 Å². The van der Waals surface area contributed by atoms with Gasteiger partial charge < -0.3 is 0 Å². The molecular formula is C10H13ClN2O2S. The van der Waals surface area contributed by atoms with Crippen molar-refractivity contribution in [3.63, 3.8) is 0 Å². The lowest BCUT2D eigenvalue weighted by molar-refractivity contribution is 0.284. The minimum absolute atomic E-state index is 0.244. The van der Waals surface area contributed by atoms with Crippen LogP contribution in [0, 0.1) is 0 Å². The third-order valence-corrected chi connectivity index (χ3v) is 4.42. The summed E-state index contributed by atoms with van der Waals surface area (Å²) in [6.07, 6.45) is 0. The number of sulfone groups is 1. The van der Waals surface area contributed by atoms with Gasteiger partial charge in [0.05, 0.1) is 17.2 Å². The molecule has 0 aliphatic carbocycles. The monoisotopic (exact) mass is 260 g/mol. The van der Waals surface area contributed by atoms with Crippen LogP contribution in [0.15, 0.2) is 18.2 Å². The Balaban J connectivity index is 1.97. The minimum atomic E-state index is -2.80. The van der Waals surface area contributed by atoms with Crippen LogP contribution in [0.5, 0.6) is 0 Å². The summed E-state index contributed by atoms with van der Waals surface area (Å²) in [5.74, 6) is 0.487. The van der Waals surface area contributed by atoms with Crippen molar-refractivity contribution in [3.8, 4) is 0 Å². The molecule has 0 atom stereocenters. The molecule has 0 amide bonds. The number of hydrogen-bond acceptors (Lipinski definition) is 4. The molecule has 4 nitrogen and oxygen atoms in total. The molecule has 0 aromatic carbocycles. The second-order valence-electron chi connectivity index (χ2n) is 3.88. The van der Waals surface area contributed by atoms with Gasteiger partial charge in [-0.05, 0) is 12.1 Å². The van der Waals surface area contributed by atoms with Gasteiger partial charge in [0, 0.05) is 19.6 Å². The molecule has 2 heterocycles. The van der Waals surface area contributed by atoms with E-state index >= 15 is 0 Å². The first-order chi connectivity index (χ1) is 7.55. The van der Waals surface area contributed by atoms with Crippen LogP contribution in [-0.4, -0.2) is 42.9 Å². The summed E-state index contributed by atoms with van der Waals surface area (Å²) < 4.78 is 22.5. The molecule has 1 aromatic rings. The zero-order valence-corrected chi connectivity index (χ0v) is 10.3. The number of halogens is 1. The lowest BCUT2D eigenvalue weighted by Gasteiger charge is -2.25. The average molecular weight is 261 g/mol. The predicted octanol–water partition coefficient (Wildman–Crippen LogP) is 0.965. The van der Waals surface area contributed by atoms with Crippen molar-refractivity contribution in [1.29, 1.82) is 0 Å². The van der Waals surface area contributed by atoms with Gasteiger partial charge in [-0.15, -0.1) is 0 Å². The maximum absolute atomic E-state index is 11.2.